The van der Waals surface area contributed by atoms with Crippen LogP contribution in [0.5, 0.6) is 0 Å². The van der Waals surface area contributed by atoms with E-state index in [0.29, 0.717) is 29.5 Å². The number of hydrogen-bond donors (Lipinski definition) is 2. The third-order valence-corrected chi connectivity index (χ3v) is 3.42. The Hall–Kier alpha value is -1.98. The van der Waals surface area contributed by atoms with Crippen LogP contribution in [0.25, 0.3) is 0 Å². The number of benzene rings is 1. The zero-order valence-electron chi connectivity index (χ0n) is 10.6. The highest BCUT2D eigenvalue weighted by Gasteiger charge is 2.41. The van der Waals surface area contributed by atoms with Crippen molar-refractivity contribution < 1.29 is 5.11 Å². The van der Waals surface area contributed by atoms with Crippen LogP contribution in [0.1, 0.15) is 11.4 Å². The van der Waals surface area contributed by atoms with Gasteiger partial charge in [0.2, 0.25) is 5.60 Å². The monoisotopic (exact) mass is 288 g/mol. The van der Waals surface area contributed by atoms with E-state index in [1.54, 1.807) is 42.7 Å². The second kappa shape index (κ2) is 5.19. The molecule has 0 saturated heterocycles. The Kier molecular flexibility index (Phi) is 3.38. The highest BCUT2D eigenvalue weighted by atomic mass is 35.5. The lowest BCUT2D eigenvalue weighted by Crippen LogP contribution is -2.44. The molecule has 1 unspecified atom stereocenters. The van der Waals surface area contributed by atoms with Gasteiger partial charge in [-0.15, -0.1) is 0 Å². The first-order valence-corrected chi connectivity index (χ1v) is 6.64. The predicted octanol–water partition coefficient (Wildman–Crippen LogP) is 1.37. The van der Waals surface area contributed by atoms with Gasteiger partial charge in [0.15, 0.2) is 5.82 Å². The summed E-state index contributed by atoms with van der Waals surface area (Å²) in [5.41, 5.74) is -0.858. The van der Waals surface area contributed by atoms with Crippen LogP contribution in [0.4, 0.5) is 0 Å². The number of nitrogens with one attached hydrogen (secondary N) is 1. The van der Waals surface area contributed by atoms with E-state index in [4.69, 9.17) is 11.6 Å². The van der Waals surface area contributed by atoms with Gasteiger partial charge in [-0.05, 0) is 23.8 Å². The third kappa shape index (κ3) is 2.15. The molecule has 2 N–H and O–H groups in total. The summed E-state index contributed by atoms with van der Waals surface area (Å²) in [7, 11) is 0. The molecule has 20 heavy (non-hydrogen) atoms. The lowest BCUT2D eigenvalue weighted by atomic mass is 9.91. The molecule has 0 saturated carbocycles. The SMILES string of the molecule is OC(C1=NCCN1)(c1ccc(Cl)cc1)c1ncccn1. The van der Waals surface area contributed by atoms with Gasteiger partial charge in [0.05, 0.1) is 6.54 Å². The van der Waals surface area contributed by atoms with Crippen molar-refractivity contribution in [3.8, 4) is 0 Å². The van der Waals surface area contributed by atoms with Crippen LogP contribution in [-0.2, 0) is 5.60 Å². The average molecular weight is 289 g/mol. The van der Waals surface area contributed by atoms with Crippen LogP contribution in [0.3, 0.4) is 0 Å². The molecule has 5 nitrogen and oxygen atoms in total. The van der Waals surface area contributed by atoms with Gasteiger partial charge in [-0.1, -0.05) is 23.7 Å². The van der Waals surface area contributed by atoms with Gasteiger partial charge in [0.1, 0.15) is 5.84 Å². The number of aliphatic imine (C=N–C) groups is 1. The number of hydrogen-bond acceptors (Lipinski definition) is 5. The molecule has 0 amide bonds. The first kappa shape index (κ1) is 13.0. The molecular weight excluding hydrogens is 276 g/mol. The third-order valence-electron chi connectivity index (χ3n) is 3.17. The molecule has 1 aromatic heterocycles. The Labute approximate surface area is 121 Å². The van der Waals surface area contributed by atoms with Crippen molar-refractivity contribution in [3.05, 3.63) is 59.1 Å². The van der Waals surface area contributed by atoms with Crippen molar-refractivity contribution >= 4 is 17.4 Å². The van der Waals surface area contributed by atoms with Gasteiger partial charge < -0.3 is 10.4 Å². The van der Waals surface area contributed by atoms with Crippen molar-refractivity contribution in [1.29, 1.82) is 0 Å². The van der Waals surface area contributed by atoms with Crippen LogP contribution in [0.15, 0.2) is 47.7 Å². The highest BCUT2D eigenvalue weighted by Crippen LogP contribution is 2.29. The maximum absolute atomic E-state index is 11.2. The summed E-state index contributed by atoms with van der Waals surface area (Å²) >= 11 is 5.91. The van der Waals surface area contributed by atoms with Crippen molar-refractivity contribution in [2.45, 2.75) is 5.60 Å². The minimum Gasteiger partial charge on any atom is -0.371 e. The Morgan fingerprint density at radius 3 is 2.45 bits per heavy atom. The summed E-state index contributed by atoms with van der Waals surface area (Å²) in [5.74, 6) is 0.751. The van der Waals surface area contributed by atoms with Crippen LogP contribution in [0.2, 0.25) is 5.02 Å². The molecule has 6 heteroatoms. The van der Waals surface area contributed by atoms with Crippen LogP contribution >= 0.6 is 11.6 Å². The van der Waals surface area contributed by atoms with E-state index in [-0.39, 0.29) is 5.82 Å². The summed E-state index contributed by atoms with van der Waals surface area (Å²) in [6.45, 7) is 1.32. The van der Waals surface area contributed by atoms with Crippen molar-refractivity contribution in [2.75, 3.05) is 13.1 Å². The van der Waals surface area contributed by atoms with Gasteiger partial charge >= 0.3 is 0 Å². The van der Waals surface area contributed by atoms with E-state index < -0.39 is 5.60 Å². The van der Waals surface area contributed by atoms with E-state index in [1.807, 2.05) is 0 Å². The second-order valence-electron chi connectivity index (χ2n) is 4.45. The molecule has 102 valence electrons. The Morgan fingerprint density at radius 2 is 1.85 bits per heavy atom. The molecule has 0 spiro atoms. The van der Waals surface area contributed by atoms with Crippen LogP contribution in [0, 0.1) is 0 Å². The zero-order valence-corrected chi connectivity index (χ0v) is 11.4. The molecule has 0 bridgehead atoms. The van der Waals surface area contributed by atoms with E-state index in [9.17, 15) is 5.11 Å². The van der Waals surface area contributed by atoms with Gasteiger partial charge in [-0.2, -0.15) is 0 Å². The Balaban J connectivity index is 2.15. The maximum atomic E-state index is 11.2. The fourth-order valence-corrected chi connectivity index (χ4v) is 2.31. The first-order chi connectivity index (χ1) is 9.71. The fourth-order valence-electron chi connectivity index (χ4n) is 2.19. The number of rotatable bonds is 3. The normalized spacial score (nSPS) is 17.2. The second-order valence-corrected chi connectivity index (χ2v) is 4.88. The molecule has 2 heterocycles. The number of amidine groups is 1. The first-order valence-electron chi connectivity index (χ1n) is 6.26. The van der Waals surface area contributed by atoms with Gasteiger partial charge in [-0.25, -0.2) is 9.97 Å². The quantitative estimate of drug-likeness (QED) is 0.895. The lowest BCUT2D eigenvalue weighted by molar-refractivity contribution is 0.142. The molecule has 1 atom stereocenters. The smallest absolute Gasteiger partial charge is 0.207 e. The number of aromatic nitrogens is 2. The Morgan fingerprint density at radius 1 is 1.15 bits per heavy atom. The van der Waals surface area contributed by atoms with E-state index >= 15 is 0 Å². The highest BCUT2D eigenvalue weighted by molar-refractivity contribution is 6.30. The van der Waals surface area contributed by atoms with Crippen molar-refractivity contribution in [3.63, 3.8) is 0 Å². The van der Waals surface area contributed by atoms with E-state index in [2.05, 4.69) is 20.3 Å². The largest absolute Gasteiger partial charge is 0.371 e. The topological polar surface area (TPSA) is 70.4 Å². The van der Waals surface area contributed by atoms with E-state index in [1.165, 1.54) is 0 Å². The minimum absolute atomic E-state index is 0.287. The number of aliphatic hydroxyl groups is 1. The van der Waals surface area contributed by atoms with Gasteiger partial charge in [0, 0.05) is 24.0 Å². The summed E-state index contributed by atoms with van der Waals surface area (Å²) in [4.78, 5) is 12.7. The van der Waals surface area contributed by atoms with Crippen LogP contribution < -0.4 is 5.32 Å². The summed E-state index contributed by atoms with van der Waals surface area (Å²) in [5, 5.41) is 14.9. The fraction of sp³-hybridized carbons (Fsp3) is 0.214. The summed E-state index contributed by atoms with van der Waals surface area (Å²) in [6.07, 6.45) is 3.19. The molecule has 2 aromatic rings. The predicted molar refractivity (Wildman–Crippen MR) is 76.8 cm³/mol. The number of halogens is 1. The molecular formula is C14H13ClN4O. The standard InChI is InChI=1S/C14H13ClN4O/c15-11-4-2-10(3-5-11)14(20,13-18-8-9-19-13)12-16-6-1-7-17-12/h1-7,20H,8-9H2,(H,18,19). The van der Waals surface area contributed by atoms with Gasteiger partial charge in [-0.3, -0.25) is 4.99 Å². The van der Waals surface area contributed by atoms with Crippen molar-refractivity contribution in [1.82, 2.24) is 15.3 Å². The van der Waals surface area contributed by atoms with Gasteiger partial charge in [0.25, 0.3) is 0 Å². The average Bonchev–Trinajstić information content (AvgIpc) is 3.03. The van der Waals surface area contributed by atoms with Crippen LogP contribution in [-0.4, -0.2) is 34.0 Å². The van der Waals surface area contributed by atoms with Crippen molar-refractivity contribution in [2.24, 2.45) is 4.99 Å². The molecule has 3 rings (SSSR count). The summed E-state index contributed by atoms with van der Waals surface area (Å²) in [6, 6.07) is 8.65. The van der Waals surface area contributed by atoms with E-state index in [0.717, 1.165) is 0 Å². The molecule has 1 aliphatic rings. The minimum atomic E-state index is -1.48. The molecule has 0 fully saturated rings. The molecule has 1 aliphatic heterocycles. The number of nitrogens with zero attached hydrogens (tertiary/aromatic N) is 3. The lowest BCUT2D eigenvalue weighted by Gasteiger charge is -2.27. The maximum Gasteiger partial charge on any atom is 0.207 e. The zero-order chi connectivity index (χ0) is 14.0. The summed E-state index contributed by atoms with van der Waals surface area (Å²) < 4.78 is 0. The molecule has 1 aromatic carbocycles. The molecule has 0 radical (unpaired) electrons. The molecule has 0 aliphatic carbocycles. The Bertz CT molecular complexity index is 629.